The second-order valence-electron chi connectivity index (χ2n) is 6.84. The zero-order valence-corrected chi connectivity index (χ0v) is 15.5. The highest BCUT2D eigenvalue weighted by molar-refractivity contribution is 5.81. The van der Waals surface area contributed by atoms with Gasteiger partial charge in [0.05, 0.1) is 36.7 Å². The molecule has 1 atom stereocenters. The summed E-state index contributed by atoms with van der Waals surface area (Å²) >= 11 is 0. The van der Waals surface area contributed by atoms with Gasteiger partial charge in [-0.05, 0) is 25.1 Å². The Kier molecular flexibility index (Phi) is 4.23. The van der Waals surface area contributed by atoms with Crippen LogP contribution in [-0.4, -0.2) is 60.4 Å². The van der Waals surface area contributed by atoms with Gasteiger partial charge in [-0.1, -0.05) is 0 Å². The smallest absolute Gasteiger partial charge is 0.333 e. The Hall–Kier alpha value is -3.34. The van der Waals surface area contributed by atoms with E-state index in [1.165, 1.54) is 6.20 Å². The number of aromatic amines is 1. The molecule has 0 aromatic carbocycles. The number of hydrogen-bond acceptors (Lipinski definition) is 6. The first-order chi connectivity index (χ1) is 14.1. The number of halogens is 2. The minimum Gasteiger partial charge on any atom is -0.377 e. The molecule has 0 saturated carbocycles. The Labute approximate surface area is 163 Å². The number of nitrogens with one attached hydrogen (secondary N) is 1. The minimum absolute atomic E-state index is 0.124. The quantitative estimate of drug-likeness (QED) is 0.567. The number of imidazole rings is 1. The van der Waals surface area contributed by atoms with E-state index < -0.39 is 6.55 Å². The maximum Gasteiger partial charge on any atom is 0.333 e. The van der Waals surface area contributed by atoms with E-state index in [4.69, 9.17) is 9.84 Å². The van der Waals surface area contributed by atoms with Crippen molar-refractivity contribution in [3.8, 4) is 22.8 Å². The maximum atomic E-state index is 13.1. The lowest BCUT2D eigenvalue weighted by Crippen LogP contribution is -2.44. The van der Waals surface area contributed by atoms with Gasteiger partial charge >= 0.3 is 6.55 Å². The summed E-state index contributed by atoms with van der Waals surface area (Å²) in [5, 5.41) is 15.7. The molecule has 1 saturated heterocycles. The summed E-state index contributed by atoms with van der Waals surface area (Å²) in [7, 11) is 0. The van der Waals surface area contributed by atoms with Gasteiger partial charge in [-0.15, -0.1) is 5.10 Å². The van der Waals surface area contributed by atoms with E-state index in [9.17, 15) is 8.78 Å². The van der Waals surface area contributed by atoms with E-state index in [0.29, 0.717) is 58.6 Å². The molecule has 11 heteroatoms. The van der Waals surface area contributed by atoms with Crippen LogP contribution in [0.15, 0.2) is 36.8 Å². The van der Waals surface area contributed by atoms with Crippen LogP contribution in [0.2, 0.25) is 0 Å². The molecule has 1 fully saturated rings. The maximum absolute atomic E-state index is 13.1. The Bertz CT molecular complexity index is 1140. The summed E-state index contributed by atoms with van der Waals surface area (Å²) in [6.07, 6.45) is 4.56. The Morgan fingerprint density at radius 1 is 1.28 bits per heavy atom. The molecule has 0 radical (unpaired) electrons. The number of alkyl halides is 2. The third-order valence-corrected chi connectivity index (χ3v) is 4.98. The molecule has 150 valence electrons. The molecule has 5 heterocycles. The standard InChI is InChI=1S/C18H18F2N8O/c1-11-10-29-7-6-26(11)16-8-12(13-3-5-27(24-13)18(19)20)15-9-21-17(28(15)25-16)14-2-4-22-23-14/h2-5,8-9,11,18H,6-7,10H2,1H3,(H,22,23). The third-order valence-electron chi connectivity index (χ3n) is 4.98. The SMILES string of the molecule is CC1COCCN1c1cc(-c2ccn(C(F)F)n2)c2cnc(-c3ccn[nH]3)n2n1. The molecule has 0 spiro atoms. The van der Waals surface area contributed by atoms with Gasteiger partial charge in [-0.25, -0.2) is 14.2 Å². The van der Waals surface area contributed by atoms with Gasteiger partial charge in [-0.2, -0.15) is 19.0 Å². The second-order valence-corrected chi connectivity index (χ2v) is 6.84. The van der Waals surface area contributed by atoms with E-state index in [-0.39, 0.29) is 6.04 Å². The molecule has 29 heavy (non-hydrogen) atoms. The topological polar surface area (TPSA) is 89.2 Å². The highest BCUT2D eigenvalue weighted by Crippen LogP contribution is 2.31. The Morgan fingerprint density at radius 3 is 2.90 bits per heavy atom. The molecular weight excluding hydrogens is 382 g/mol. The molecule has 9 nitrogen and oxygen atoms in total. The number of nitrogens with zero attached hydrogens (tertiary/aromatic N) is 7. The third kappa shape index (κ3) is 3.03. The summed E-state index contributed by atoms with van der Waals surface area (Å²) in [5.74, 6) is 1.28. The Balaban J connectivity index is 1.71. The number of morpholine rings is 1. The van der Waals surface area contributed by atoms with Crippen molar-refractivity contribution in [1.82, 2.24) is 34.6 Å². The zero-order valence-electron chi connectivity index (χ0n) is 15.5. The first-order valence-electron chi connectivity index (χ1n) is 9.18. The number of ether oxygens (including phenoxy) is 1. The molecule has 5 rings (SSSR count). The molecule has 4 aromatic heterocycles. The fourth-order valence-corrected chi connectivity index (χ4v) is 3.53. The van der Waals surface area contributed by atoms with Crippen LogP contribution in [0.3, 0.4) is 0 Å². The molecule has 4 aromatic rings. The predicted molar refractivity (Wildman–Crippen MR) is 101 cm³/mol. The zero-order chi connectivity index (χ0) is 20.0. The lowest BCUT2D eigenvalue weighted by atomic mass is 10.1. The summed E-state index contributed by atoms with van der Waals surface area (Å²) in [6, 6.07) is 5.36. The summed E-state index contributed by atoms with van der Waals surface area (Å²) in [4.78, 5) is 6.61. The van der Waals surface area contributed by atoms with Crippen molar-refractivity contribution in [2.75, 3.05) is 24.7 Å². The number of rotatable bonds is 4. The monoisotopic (exact) mass is 400 g/mol. The van der Waals surface area contributed by atoms with Crippen LogP contribution in [0.25, 0.3) is 28.3 Å². The van der Waals surface area contributed by atoms with Gasteiger partial charge in [-0.3, -0.25) is 5.10 Å². The lowest BCUT2D eigenvalue weighted by molar-refractivity contribution is 0.0568. The van der Waals surface area contributed by atoms with Crippen LogP contribution in [0, 0.1) is 0 Å². The number of fused-ring (bicyclic) bond motifs is 1. The molecule has 1 unspecified atom stereocenters. The van der Waals surface area contributed by atoms with Gasteiger partial charge in [0.1, 0.15) is 5.69 Å². The van der Waals surface area contributed by atoms with Crippen molar-refractivity contribution < 1.29 is 13.5 Å². The fraction of sp³-hybridized carbons (Fsp3) is 0.333. The van der Waals surface area contributed by atoms with Gasteiger partial charge in [0.15, 0.2) is 11.6 Å². The van der Waals surface area contributed by atoms with E-state index in [0.717, 1.165) is 0 Å². The van der Waals surface area contributed by atoms with Crippen LogP contribution < -0.4 is 4.90 Å². The van der Waals surface area contributed by atoms with Crippen molar-refractivity contribution in [2.45, 2.75) is 19.5 Å². The fourth-order valence-electron chi connectivity index (χ4n) is 3.53. The highest BCUT2D eigenvalue weighted by Gasteiger charge is 2.24. The molecule has 1 aliphatic heterocycles. The number of aromatic nitrogens is 7. The lowest BCUT2D eigenvalue weighted by Gasteiger charge is -2.34. The van der Waals surface area contributed by atoms with E-state index >= 15 is 0 Å². The molecule has 1 aliphatic rings. The van der Waals surface area contributed by atoms with Crippen LogP contribution >= 0.6 is 0 Å². The molecule has 0 amide bonds. The molecule has 1 N–H and O–H groups in total. The van der Waals surface area contributed by atoms with Gasteiger partial charge in [0.25, 0.3) is 0 Å². The average Bonchev–Trinajstić information content (AvgIpc) is 3.46. The molecule has 0 bridgehead atoms. The number of hydrogen-bond donors (Lipinski definition) is 1. The van der Waals surface area contributed by atoms with E-state index in [2.05, 4.69) is 32.1 Å². The summed E-state index contributed by atoms with van der Waals surface area (Å²) in [5.41, 5.74) is 2.47. The summed E-state index contributed by atoms with van der Waals surface area (Å²) in [6.45, 7) is 1.22. The Morgan fingerprint density at radius 2 is 2.17 bits per heavy atom. The van der Waals surface area contributed by atoms with Crippen molar-refractivity contribution in [1.29, 1.82) is 0 Å². The van der Waals surface area contributed by atoms with E-state index in [1.807, 2.05) is 6.07 Å². The van der Waals surface area contributed by atoms with Crippen LogP contribution in [0.4, 0.5) is 14.6 Å². The van der Waals surface area contributed by atoms with Crippen molar-refractivity contribution in [3.63, 3.8) is 0 Å². The minimum atomic E-state index is -2.70. The van der Waals surface area contributed by atoms with Gasteiger partial charge in [0.2, 0.25) is 0 Å². The normalized spacial score (nSPS) is 17.5. The van der Waals surface area contributed by atoms with Crippen LogP contribution in [-0.2, 0) is 4.74 Å². The molecular formula is C18H18F2N8O. The predicted octanol–water partition coefficient (Wildman–Crippen LogP) is 2.60. The first kappa shape index (κ1) is 17.7. The van der Waals surface area contributed by atoms with Crippen LogP contribution in [0.1, 0.15) is 13.5 Å². The van der Waals surface area contributed by atoms with Crippen LogP contribution in [0.5, 0.6) is 0 Å². The first-order valence-corrected chi connectivity index (χ1v) is 9.18. The van der Waals surface area contributed by atoms with Crippen molar-refractivity contribution in [2.24, 2.45) is 0 Å². The largest absolute Gasteiger partial charge is 0.377 e. The number of H-pyrrole nitrogens is 1. The average molecular weight is 400 g/mol. The van der Waals surface area contributed by atoms with Crippen molar-refractivity contribution in [3.05, 3.63) is 36.8 Å². The number of anilines is 1. The molecule has 0 aliphatic carbocycles. The van der Waals surface area contributed by atoms with Gasteiger partial charge in [0, 0.05) is 24.5 Å². The van der Waals surface area contributed by atoms with E-state index in [1.54, 1.807) is 29.0 Å². The van der Waals surface area contributed by atoms with Gasteiger partial charge < -0.3 is 9.64 Å². The second kappa shape index (κ2) is 6.92. The summed E-state index contributed by atoms with van der Waals surface area (Å²) < 4.78 is 34.0. The highest BCUT2D eigenvalue weighted by atomic mass is 19.3. The van der Waals surface area contributed by atoms with Crippen molar-refractivity contribution >= 4 is 11.3 Å².